The Balaban J connectivity index is 1.94. The van der Waals surface area contributed by atoms with E-state index in [0.29, 0.717) is 17.4 Å². The Labute approximate surface area is 200 Å². The first kappa shape index (κ1) is 24.6. The number of rotatable bonds is 9. The molecule has 3 aromatic carbocycles. The molecule has 0 radical (unpaired) electrons. The van der Waals surface area contributed by atoms with Crippen LogP contribution in [0.15, 0.2) is 77.7 Å². The lowest BCUT2D eigenvalue weighted by Crippen LogP contribution is -2.41. The molecule has 1 amide bonds. The SMILES string of the molecule is CCOc1ccccc1N(CC(=O)NC(C)c1ccc(C)cc1)S(=O)(=O)c1ccc(Cl)cc1. The molecule has 1 unspecified atom stereocenters. The summed E-state index contributed by atoms with van der Waals surface area (Å²) in [5, 5.41) is 3.31. The average molecular weight is 487 g/mol. The Kier molecular flexibility index (Phi) is 8.00. The Morgan fingerprint density at radius 1 is 1.03 bits per heavy atom. The molecular weight excluding hydrogens is 460 g/mol. The molecule has 0 saturated heterocycles. The topological polar surface area (TPSA) is 75.7 Å². The van der Waals surface area contributed by atoms with Crippen LogP contribution in [0.4, 0.5) is 5.69 Å². The lowest BCUT2D eigenvalue weighted by atomic mass is 10.1. The van der Waals surface area contributed by atoms with Crippen molar-refractivity contribution in [1.29, 1.82) is 0 Å². The Bertz CT molecular complexity index is 1200. The van der Waals surface area contributed by atoms with Crippen LogP contribution in [0.25, 0.3) is 0 Å². The lowest BCUT2D eigenvalue weighted by molar-refractivity contribution is -0.120. The number of carbonyl (C=O) groups excluding carboxylic acids is 1. The van der Waals surface area contributed by atoms with Crippen molar-refractivity contribution in [2.24, 2.45) is 0 Å². The number of amides is 1. The van der Waals surface area contributed by atoms with Gasteiger partial charge in [-0.05, 0) is 62.7 Å². The zero-order valence-electron chi connectivity index (χ0n) is 18.8. The summed E-state index contributed by atoms with van der Waals surface area (Å²) >= 11 is 5.94. The zero-order chi connectivity index (χ0) is 24.0. The number of para-hydroxylation sites is 2. The van der Waals surface area contributed by atoms with Gasteiger partial charge >= 0.3 is 0 Å². The van der Waals surface area contributed by atoms with E-state index >= 15 is 0 Å². The summed E-state index contributed by atoms with van der Waals surface area (Å²) in [5.74, 6) is -0.0659. The summed E-state index contributed by atoms with van der Waals surface area (Å²) in [5.41, 5.74) is 2.33. The van der Waals surface area contributed by atoms with E-state index < -0.39 is 22.5 Å². The number of aryl methyl sites for hydroxylation is 1. The molecule has 0 aromatic heterocycles. The highest BCUT2D eigenvalue weighted by Gasteiger charge is 2.29. The molecule has 0 saturated carbocycles. The molecule has 0 bridgehead atoms. The summed E-state index contributed by atoms with van der Waals surface area (Å²) < 4.78 is 33.9. The molecule has 3 aromatic rings. The number of halogens is 1. The number of sulfonamides is 1. The van der Waals surface area contributed by atoms with Gasteiger partial charge in [-0.25, -0.2) is 8.42 Å². The first-order valence-electron chi connectivity index (χ1n) is 10.6. The molecular formula is C25H27ClN2O4S. The number of benzene rings is 3. The van der Waals surface area contributed by atoms with Gasteiger partial charge in [0.15, 0.2) is 0 Å². The minimum absolute atomic E-state index is 0.0255. The first-order valence-corrected chi connectivity index (χ1v) is 12.4. The van der Waals surface area contributed by atoms with Crippen LogP contribution in [0.1, 0.15) is 31.0 Å². The molecule has 0 aliphatic carbocycles. The van der Waals surface area contributed by atoms with Gasteiger partial charge in [-0.15, -0.1) is 0 Å². The maximum atomic E-state index is 13.6. The third-order valence-electron chi connectivity index (χ3n) is 5.08. The summed E-state index contributed by atoms with van der Waals surface area (Å²) in [6.45, 7) is 5.59. The Morgan fingerprint density at radius 2 is 1.67 bits per heavy atom. The second-order valence-electron chi connectivity index (χ2n) is 7.57. The molecule has 6 nitrogen and oxygen atoms in total. The number of hydrogen-bond acceptors (Lipinski definition) is 4. The quantitative estimate of drug-likeness (QED) is 0.455. The molecule has 1 atom stereocenters. The predicted molar refractivity (Wildman–Crippen MR) is 131 cm³/mol. The summed E-state index contributed by atoms with van der Waals surface area (Å²) in [4.78, 5) is 13.0. The third kappa shape index (κ3) is 6.06. The highest BCUT2D eigenvalue weighted by Crippen LogP contribution is 2.32. The van der Waals surface area contributed by atoms with Crippen LogP contribution in [-0.2, 0) is 14.8 Å². The van der Waals surface area contributed by atoms with E-state index in [2.05, 4.69) is 5.32 Å². The van der Waals surface area contributed by atoms with E-state index in [-0.39, 0.29) is 16.6 Å². The van der Waals surface area contributed by atoms with E-state index in [1.54, 1.807) is 24.3 Å². The van der Waals surface area contributed by atoms with Gasteiger partial charge in [-0.2, -0.15) is 0 Å². The number of anilines is 1. The zero-order valence-corrected chi connectivity index (χ0v) is 20.4. The van der Waals surface area contributed by atoms with Gasteiger partial charge in [-0.3, -0.25) is 9.10 Å². The molecule has 0 aliphatic rings. The second-order valence-corrected chi connectivity index (χ2v) is 9.86. The highest BCUT2D eigenvalue weighted by molar-refractivity contribution is 7.92. The largest absolute Gasteiger partial charge is 0.492 e. The van der Waals surface area contributed by atoms with Crippen molar-refractivity contribution >= 4 is 33.2 Å². The number of hydrogen-bond donors (Lipinski definition) is 1. The molecule has 174 valence electrons. The minimum Gasteiger partial charge on any atom is -0.492 e. The molecule has 3 rings (SSSR count). The van der Waals surface area contributed by atoms with Crippen molar-refractivity contribution in [1.82, 2.24) is 5.32 Å². The van der Waals surface area contributed by atoms with Crippen molar-refractivity contribution in [3.63, 3.8) is 0 Å². The molecule has 0 spiro atoms. The van der Waals surface area contributed by atoms with Crippen LogP contribution in [0, 0.1) is 6.92 Å². The first-order chi connectivity index (χ1) is 15.7. The standard InChI is InChI=1S/C25H27ClN2O4S/c1-4-32-24-8-6-5-7-23(24)28(33(30,31)22-15-13-21(26)14-16-22)17-25(29)27-19(3)20-11-9-18(2)10-12-20/h5-16,19H,4,17H2,1-3H3,(H,27,29). The molecule has 0 heterocycles. The van der Waals surface area contributed by atoms with Crippen molar-refractivity contribution in [3.05, 3.63) is 88.9 Å². The van der Waals surface area contributed by atoms with Crippen LogP contribution in [0.2, 0.25) is 5.02 Å². The summed E-state index contributed by atoms with van der Waals surface area (Å²) in [7, 11) is -4.08. The number of nitrogens with zero attached hydrogens (tertiary/aromatic N) is 1. The van der Waals surface area contributed by atoms with Gasteiger partial charge in [0, 0.05) is 5.02 Å². The van der Waals surface area contributed by atoms with E-state index in [1.165, 1.54) is 24.3 Å². The van der Waals surface area contributed by atoms with Crippen LogP contribution in [0.3, 0.4) is 0 Å². The van der Waals surface area contributed by atoms with Crippen LogP contribution < -0.4 is 14.4 Å². The highest BCUT2D eigenvalue weighted by atomic mass is 35.5. The van der Waals surface area contributed by atoms with Crippen molar-refractivity contribution < 1.29 is 17.9 Å². The van der Waals surface area contributed by atoms with E-state index in [9.17, 15) is 13.2 Å². The van der Waals surface area contributed by atoms with Gasteiger partial charge in [-0.1, -0.05) is 53.6 Å². The van der Waals surface area contributed by atoms with Gasteiger partial charge in [0.25, 0.3) is 10.0 Å². The van der Waals surface area contributed by atoms with Crippen LogP contribution >= 0.6 is 11.6 Å². The van der Waals surface area contributed by atoms with E-state index in [4.69, 9.17) is 16.3 Å². The van der Waals surface area contributed by atoms with Crippen molar-refractivity contribution in [2.75, 3.05) is 17.5 Å². The van der Waals surface area contributed by atoms with Crippen LogP contribution in [0.5, 0.6) is 5.75 Å². The molecule has 33 heavy (non-hydrogen) atoms. The second kappa shape index (κ2) is 10.7. The minimum atomic E-state index is -4.08. The lowest BCUT2D eigenvalue weighted by Gasteiger charge is -2.26. The number of ether oxygens (including phenoxy) is 1. The van der Waals surface area contributed by atoms with Gasteiger partial charge in [0.1, 0.15) is 12.3 Å². The average Bonchev–Trinajstić information content (AvgIpc) is 2.79. The maximum absolute atomic E-state index is 13.6. The number of carbonyl (C=O) groups is 1. The Morgan fingerprint density at radius 3 is 2.30 bits per heavy atom. The molecule has 8 heteroatoms. The molecule has 0 fully saturated rings. The predicted octanol–water partition coefficient (Wildman–Crippen LogP) is 5.12. The molecule has 0 aliphatic heterocycles. The normalized spacial score (nSPS) is 12.1. The maximum Gasteiger partial charge on any atom is 0.264 e. The number of nitrogens with one attached hydrogen (secondary N) is 1. The summed E-state index contributed by atoms with van der Waals surface area (Å²) in [6.07, 6.45) is 0. The van der Waals surface area contributed by atoms with Crippen molar-refractivity contribution in [3.8, 4) is 5.75 Å². The monoisotopic (exact) mass is 486 g/mol. The fourth-order valence-electron chi connectivity index (χ4n) is 3.33. The summed E-state index contributed by atoms with van der Waals surface area (Å²) in [6, 6.07) is 20.1. The van der Waals surface area contributed by atoms with Gasteiger partial charge < -0.3 is 10.1 Å². The van der Waals surface area contributed by atoms with E-state index in [0.717, 1.165) is 15.4 Å². The van der Waals surface area contributed by atoms with Crippen molar-refractivity contribution in [2.45, 2.75) is 31.7 Å². The third-order valence-corrected chi connectivity index (χ3v) is 7.10. The fourth-order valence-corrected chi connectivity index (χ4v) is 4.89. The van der Waals surface area contributed by atoms with Gasteiger partial charge in [0.2, 0.25) is 5.91 Å². The van der Waals surface area contributed by atoms with Crippen LogP contribution in [-0.4, -0.2) is 27.5 Å². The van der Waals surface area contributed by atoms with Gasteiger partial charge in [0.05, 0.1) is 23.2 Å². The fraction of sp³-hybridized carbons (Fsp3) is 0.240. The van der Waals surface area contributed by atoms with E-state index in [1.807, 2.05) is 45.0 Å². The molecule has 1 N–H and O–H groups in total. The smallest absolute Gasteiger partial charge is 0.264 e. The Hall–Kier alpha value is -3.03.